The maximum absolute atomic E-state index is 11.9. The number of fused-ring (bicyclic) bond motifs is 1. The van der Waals surface area contributed by atoms with Gasteiger partial charge < -0.3 is 15.2 Å². The standard InChI is InChI=1S/C22H23NO4.C2H6/c23-16-9-11-17(12-10-16)26-13-5-1-2-6-14-27-21-15-20(24)22(25)19-8-4-3-7-18(19)21;1-2/h3-4,7-12,15H,1-2,5-6,13-14,23H2;1-2H3. The van der Waals surface area contributed by atoms with E-state index in [4.69, 9.17) is 15.2 Å². The van der Waals surface area contributed by atoms with Gasteiger partial charge in [-0.1, -0.05) is 38.1 Å². The van der Waals surface area contributed by atoms with Crippen molar-refractivity contribution in [3.05, 3.63) is 65.7 Å². The average Bonchev–Trinajstić information content (AvgIpc) is 2.76. The number of hydrogen-bond acceptors (Lipinski definition) is 5. The van der Waals surface area contributed by atoms with Gasteiger partial charge in [-0.05, 0) is 49.9 Å². The Kier molecular flexibility index (Phi) is 8.96. The summed E-state index contributed by atoms with van der Waals surface area (Å²) in [6.07, 6.45) is 5.18. The molecule has 0 radical (unpaired) electrons. The van der Waals surface area contributed by atoms with Crippen LogP contribution in [0.3, 0.4) is 0 Å². The lowest BCUT2D eigenvalue weighted by Crippen LogP contribution is -2.19. The Morgan fingerprint density at radius 2 is 1.34 bits per heavy atom. The van der Waals surface area contributed by atoms with Gasteiger partial charge in [0.15, 0.2) is 0 Å². The highest BCUT2D eigenvalue weighted by molar-refractivity contribution is 6.50. The number of nitrogens with two attached hydrogens (primary N) is 1. The molecule has 0 spiro atoms. The lowest BCUT2D eigenvalue weighted by atomic mass is 9.94. The van der Waals surface area contributed by atoms with Crippen LogP contribution in [-0.2, 0) is 9.53 Å². The van der Waals surface area contributed by atoms with Crippen LogP contribution >= 0.6 is 0 Å². The monoisotopic (exact) mass is 395 g/mol. The van der Waals surface area contributed by atoms with E-state index in [1.807, 2.05) is 44.2 Å². The zero-order valence-electron chi connectivity index (χ0n) is 17.1. The smallest absolute Gasteiger partial charge is 0.233 e. The number of rotatable bonds is 9. The molecule has 0 bridgehead atoms. The zero-order valence-corrected chi connectivity index (χ0v) is 17.1. The molecule has 0 aromatic heterocycles. The molecule has 0 heterocycles. The van der Waals surface area contributed by atoms with Crippen LogP contribution in [0.1, 0.15) is 55.5 Å². The Labute approximate surface area is 172 Å². The van der Waals surface area contributed by atoms with Crippen molar-refractivity contribution in [2.75, 3.05) is 18.9 Å². The highest BCUT2D eigenvalue weighted by Gasteiger charge is 2.26. The number of anilines is 1. The molecule has 2 aromatic carbocycles. The minimum absolute atomic E-state index is 0.416. The van der Waals surface area contributed by atoms with Crippen LogP contribution < -0.4 is 10.5 Å². The third kappa shape index (κ3) is 6.49. The number of unbranched alkanes of at least 4 members (excludes halogenated alkanes) is 3. The first-order valence-corrected chi connectivity index (χ1v) is 10.2. The van der Waals surface area contributed by atoms with E-state index in [1.165, 1.54) is 6.08 Å². The largest absolute Gasteiger partial charge is 0.494 e. The number of hydrogen-bond donors (Lipinski definition) is 1. The van der Waals surface area contributed by atoms with E-state index in [0.29, 0.717) is 30.1 Å². The second kappa shape index (κ2) is 11.7. The molecule has 5 heteroatoms. The summed E-state index contributed by atoms with van der Waals surface area (Å²) in [5.74, 6) is 0.319. The highest BCUT2D eigenvalue weighted by atomic mass is 16.5. The fourth-order valence-electron chi connectivity index (χ4n) is 2.90. The molecule has 0 fully saturated rings. The first-order chi connectivity index (χ1) is 14.1. The normalized spacial score (nSPS) is 12.4. The zero-order chi connectivity index (χ0) is 21.1. The molecule has 0 saturated heterocycles. The molecule has 0 unspecified atom stereocenters. The molecule has 2 aromatic rings. The Morgan fingerprint density at radius 1 is 0.759 bits per heavy atom. The summed E-state index contributed by atoms with van der Waals surface area (Å²) in [7, 11) is 0. The number of carbonyl (C=O) groups excluding carboxylic acids is 2. The summed E-state index contributed by atoms with van der Waals surface area (Å²) in [6, 6.07) is 14.4. The molecule has 29 heavy (non-hydrogen) atoms. The predicted octanol–water partition coefficient (Wildman–Crippen LogP) is 5.06. The first kappa shape index (κ1) is 22.2. The van der Waals surface area contributed by atoms with Crippen LogP contribution in [0.15, 0.2) is 54.6 Å². The highest BCUT2D eigenvalue weighted by Crippen LogP contribution is 2.26. The summed E-state index contributed by atoms with van der Waals surface area (Å²) in [5, 5.41) is 0. The van der Waals surface area contributed by atoms with Crippen molar-refractivity contribution in [3.63, 3.8) is 0 Å². The Morgan fingerprint density at radius 3 is 2.00 bits per heavy atom. The number of carbonyl (C=O) groups is 2. The first-order valence-electron chi connectivity index (χ1n) is 10.2. The molecule has 5 nitrogen and oxygen atoms in total. The van der Waals surface area contributed by atoms with Crippen molar-refractivity contribution >= 4 is 23.0 Å². The van der Waals surface area contributed by atoms with Crippen molar-refractivity contribution in [1.29, 1.82) is 0 Å². The molecule has 3 rings (SSSR count). The van der Waals surface area contributed by atoms with Crippen molar-refractivity contribution in [3.8, 4) is 5.75 Å². The van der Waals surface area contributed by atoms with Gasteiger partial charge in [-0.2, -0.15) is 0 Å². The number of ether oxygens (including phenoxy) is 2. The van der Waals surface area contributed by atoms with Gasteiger partial charge in [0.25, 0.3) is 0 Å². The van der Waals surface area contributed by atoms with Crippen molar-refractivity contribution in [2.24, 2.45) is 0 Å². The summed E-state index contributed by atoms with van der Waals surface area (Å²) >= 11 is 0. The Balaban J connectivity index is 0.00000145. The van der Waals surface area contributed by atoms with E-state index < -0.39 is 11.6 Å². The lowest BCUT2D eigenvalue weighted by Gasteiger charge is -2.16. The van der Waals surface area contributed by atoms with Crippen LogP contribution in [0.25, 0.3) is 5.76 Å². The van der Waals surface area contributed by atoms with Gasteiger partial charge in [-0.3, -0.25) is 9.59 Å². The second-order valence-electron chi connectivity index (χ2n) is 6.43. The van der Waals surface area contributed by atoms with E-state index in [-0.39, 0.29) is 0 Å². The molecule has 2 N–H and O–H groups in total. The lowest BCUT2D eigenvalue weighted by molar-refractivity contribution is -0.111. The number of Topliss-reactive ketones (excluding diaryl/α,β-unsaturated/α-hetero) is 1. The summed E-state index contributed by atoms with van der Waals surface area (Å²) < 4.78 is 11.4. The predicted molar refractivity (Wildman–Crippen MR) is 116 cm³/mol. The van der Waals surface area contributed by atoms with Gasteiger partial charge in [0, 0.05) is 22.9 Å². The van der Waals surface area contributed by atoms with E-state index in [2.05, 4.69) is 0 Å². The molecule has 0 amide bonds. The second-order valence-corrected chi connectivity index (χ2v) is 6.43. The SMILES string of the molecule is CC.Nc1ccc(OCCCCCCOC2=CC(=O)C(=O)c3ccccc32)cc1. The van der Waals surface area contributed by atoms with E-state index in [9.17, 15) is 9.59 Å². The minimum atomic E-state index is -0.525. The van der Waals surface area contributed by atoms with Gasteiger partial charge in [0.05, 0.1) is 13.2 Å². The number of nitrogen functional groups attached to an aromatic ring is 1. The fraction of sp³-hybridized carbons (Fsp3) is 0.333. The third-order valence-electron chi connectivity index (χ3n) is 4.37. The van der Waals surface area contributed by atoms with Crippen LogP contribution in [0.2, 0.25) is 0 Å². The van der Waals surface area contributed by atoms with Gasteiger partial charge in [0.2, 0.25) is 11.6 Å². The maximum atomic E-state index is 11.9. The number of benzene rings is 2. The molecule has 0 aliphatic heterocycles. The molecule has 154 valence electrons. The average molecular weight is 395 g/mol. The van der Waals surface area contributed by atoms with Crippen molar-refractivity contribution in [2.45, 2.75) is 39.5 Å². The summed E-state index contributed by atoms with van der Waals surface area (Å²) in [5.41, 5.74) is 7.47. The number of ketones is 2. The summed E-state index contributed by atoms with van der Waals surface area (Å²) in [4.78, 5) is 23.7. The van der Waals surface area contributed by atoms with Gasteiger partial charge in [-0.15, -0.1) is 0 Å². The quantitative estimate of drug-likeness (QED) is 0.365. The van der Waals surface area contributed by atoms with E-state index in [1.54, 1.807) is 18.2 Å². The van der Waals surface area contributed by atoms with Crippen molar-refractivity contribution < 1.29 is 19.1 Å². The number of allylic oxidation sites excluding steroid dienone is 1. The molecule has 1 aliphatic carbocycles. The maximum Gasteiger partial charge on any atom is 0.233 e. The minimum Gasteiger partial charge on any atom is -0.494 e. The van der Waals surface area contributed by atoms with Gasteiger partial charge in [-0.25, -0.2) is 0 Å². The molecular formula is C24H29NO4. The molecule has 1 aliphatic rings. The van der Waals surface area contributed by atoms with E-state index in [0.717, 1.165) is 37.1 Å². The Hall–Kier alpha value is -3.08. The molecule has 0 saturated carbocycles. The molecule has 0 atom stereocenters. The summed E-state index contributed by atoms with van der Waals surface area (Å²) in [6.45, 7) is 5.18. The third-order valence-corrected chi connectivity index (χ3v) is 4.37. The fourth-order valence-corrected chi connectivity index (χ4v) is 2.90. The van der Waals surface area contributed by atoms with Crippen LogP contribution in [0.5, 0.6) is 5.75 Å². The van der Waals surface area contributed by atoms with Crippen molar-refractivity contribution in [1.82, 2.24) is 0 Å². The topological polar surface area (TPSA) is 78.6 Å². The van der Waals surface area contributed by atoms with Gasteiger partial charge >= 0.3 is 0 Å². The Bertz CT molecular complexity index is 840. The van der Waals surface area contributed by atoms with Crippen LogP contribution in [0.4, 0.5) is 5.69 Å². The van der Waals surface area contributed by atoms with E-state index >= 15 is 0 Å². The van der Waals surface area contributed by atoms with Crippen LogP contribution in [-0.4, -0.2) is 24.8 Å². The van der Waals surface area contributed by atoms with Crippen LogP contribution in [0, 0.1) is 0 Å². The molecular weight excluding hydrogens is 366 g/mol. The van der Waals surface area contributed by atoms with Gasteiger partial charge in [0.1, 0.15) is 11.5 Å².